The van der Waals surface area contributed by atoms with E-state index in [2.05, 4.69) is 15.0 Å². The minimum atomic E-state index is 0.241. The van der Waals surface area contributed by atoms with E-state index in [-0.39, 0.29) is 5.95 Å². The summed E-state index contributed by atoms with van der Waals surface area (Å²) in [6.07, 6.45) is 0. The summed E-state index contributed by atoms with van der Waals surface area (Å²) in [7, 11) is 5.39. The van der Waals surface area contributed by atoms with E-state index in [1.54, 1.807) is 23.8 Å². The maximum absolute atomic E-state index is 5.69. The highest BCUT2D eigenvalue weighted by Crippen LogP contribution is 2.25. The number of benzene rings is 1. The summed E-state index contributed by atoms with van der Waals surface area (Å²) < 4.78 is 5.20. The molecule has 0 saturated heterocycles. The lowest BCUT2D eigenvalue weighted by molar-refractivity contribution is 0.413. The van der Waals surface area contributed by atoms with Crippen LogP contribution in [0.2, 0.25) is 0 Å². The van der Waals surface area contributed by atoms with Gasteiger partial charge in [0.1, 0.15) is 11.6 Å². The van der Waals surface area contributed by atoms with Crippen LogP contribution in [0.5, 0.6) is 5.75 Å². The lowest BCUT2D eigenvalue weighted by Crippen LogP contribution is -2.15. The Morgan fingerprint density at radius 3 is 2.75 bits per heavy atom. The molecule has 0 saturated carbocycles. The van der Waals surface area contributed by atoms with Crippen LogP contribution in [0.1, 0.15) is 5.82 Å². The number of rotatable bonds is 5. The van der Waals surface area contributed by atoms with Gasteiger partial charge >= 0.3 is 0 Å². The van der Waals surface area contributed by atoms with Crippen molar-refractivity contribution in [2.24, 2.45) is 0 Å². The molecule has 0 bridgehead atoms. The van der Waals surface area contributed by atoms with Gasteiger partial charge in [0.2, 0.25) is 11.9 Å². The fourth-order valence-electron chi connectivity index (χ4n) is 1.53. The Bertz CT molecular complexity index is 591. The van der Waals surface area contributed by atoms with Crippen LogP contribution in [0, 0.1) is 0 Å². The van der Waals surface area contributed by atoms with Gasteiger partial charge in [0, 0.05) is 19.0 Å². The molecule has 0 radical (unpaired) electrons. The number of anilines is 2. The van der Waals surface area contributed by atoms with Crippen molar-refractivity contribution < 1.29 is 4.74 Å². The van der Waals surface area contributed by atoms with E-state index in [0.29, 0.717) is 17.5 Å². The maximum atomic E-state index is 5.69. The van der Waals surface area contributed by atoms with Gasteiger partial charge in [0.05, 0.1) is 12.9 Å². The first-order valence-corrected chi connectivity index (χ1v) is 7.01. The first-order valence-electron chi connectivity index (χ1n) is 6.03. The normalized spacial score (nSPS) is 10.3. The summed E-state index contributed by atoms with van der Waals surface area (Å²) in [5.74, 6) is 2.93. The van der Waals surface area contributed by atoms with E-state index in [1.807, 2.05) is 38.4 Å². The summed E-state index contributed by atoms with van der Waals surface area (Å²) >= 11 is 1.63. The number of hydrogen-bond donors (Lipinski definition) is 1. The molecule has 2 aromatic rings. The number of nitrogens with zero attached hydrogens (tertiary/aromatic N) is 4. The summed E-state index contributed by atoms with van der Waals surface area (Å²) in [5.41, 5.74) is 5.69. The quantitative estimate of drug-likeness (QED) is 0.842. The molecule has 0 aliphatic rings. The summed E-state index contributed by atoms with van der Waals surface area (Å²) in [6.45, 7) is 0. The van der Waals surface area contributed by atoms with Crippen molar-refractivity contribution >= 4 is 23.7 Å². The van der Waals surface area contributed by atoms with Crippen molar-refractivity contribution in [1.29, 1.82) is 0 Å². The van der Waals surface area contributed by atoms with Gasteiger partial charge in [0.15, 0.2) is 0 Å². The smallest absolute Gasteiger partial charge is 0.229 e. The molecule has 6 nitrogen and oxygen atoms in total. The van der Waals surface area contributed by atoms with Crippen molar-refractivity contribution in [1.82, 2.24) is 15.0 Å². The number of ether oxygens (including phenoxy) is 1. The topological polar surface area (TPSA) is 77.2 Å². The third-order valence-corrected chi connectivity index (χ3v) is 3.49. The Morgan fingerprint density at radius 1 is 1.25 bits per heavy atom. The van der Waals surface area contributed by atoms with Crippen molar-refractivity contribution in [3.8, 4) is 5.75 Å². The summed E-state index contributed by atoms with van der Waals surface area (Å²) in [4.78, 5) is 15.5. The van der Waals surface area contributed by atoms with Gasteiger partial charge in [-0.3, -0.25) is 0 Å². The number of nitrogens with two attached hydrogens (primary N) is 1. The van der Waals surface area contributed by atoms with Gasteiger partial charge in [-0.15, -0.1) is 11.8 Å². The van der Waals surface area contributed by atoms with Gasteiger partial charge in [-0.1, -0.05) is 6.07 Å². The van der Waals surface area contributed by atoms with Crippen LogP contribution in [0.25, 0.3) is 0 Å². The molecule has 0 atom stereocenters. The van der Waals surface area contributed by atoms with Crippen LogP contribution in [0.15, 0.2) is 29.2 Å². The van der Waals surface area contributed by atoms with E-state index in [1.165, 1.54) is 0 Å². The molecule has 2 rings (SSSR count). The Kier molecular flexibility index (Phi) is 4.62. The monoisotopic (exact) mass is 291 g/mol. The van der Waals surface area contributed by atoms with Gasteiger partial charge in [-0.2, -0.15) is 15.0 Å². The SMILES string of the molecule is COc1cccc(SCc2nc(N)nc(N(C)C)n2)c1. The summed E-state index contributed by atoms with van der Waals surface area (Å²) in [6, 6.07) is 7.86. The van der Waals surface area contributed by atoms with Crippen LogP contribution in [-0.2, 0) is 5.75 Å². The molecule has 0 amide bonds. The first-order chi connectivity index (χ1) is 9.58. The van der Waals surface area contributed by atoms with Crippen LogP contribution >= 0.6 is 11.8 Å². The second kappa shape index (κ2) is 6.42. The van der Waals surface area contributed by atoms with E-state index >= 15 is 0 Å². The molecular weight excluding hydrogens is 274 g/mol. The van der Waals surface area contributed by atoms with Crippen molar-refractivity contribution in [3.05, 3.63) is 30.1 Å². The fourth-order valence-corrected chi connectivity index (χ4v) is 2.33. The van der Waals surface area contributed by atoms with E-state index in [9.17, 15) is 0 Å². The maximum Gasteiger partial charge on any atom is 0.229 e. The molecule has 0 fully saturated rings. The van der Waals surface area contributed by atoms with Crippen LogP contribution in [0.4, 0.5) is 11.9 Å². The minimum Gasteiger partial charge on any atom is -0.497 e. The Labute approximate surface area is 122 Å². The summed E-state index contributed by atoms with van der Waals surface area (Å²) in [5, 5.41) is 0. The molecular formula is C13H17N5OS. The van der Waals surface area contributed by atoms with Crippen molar-refractivity contribution in [2.75, 3.05) is 31.8 Å². The number of thioether (sulfide) groups is 1. The molecule has 0 aliphatic heterocycles. The van der Waals surface area contributed by atoms with Crippen LogP contribution < -0.4 is 15.4 Å². The second-order valence-corrected chi connectivity index (χ2v) is 5.32. The molecule has 2 N–H and O–H groups in total. The molecule has 1 heterocycles. The highest BCUT2D eigenvalue weighted by atomic mass is 32.2. The van der Waals surface area contributed by atoms with Crippen LogP contribution in [0.3, 0.4) is 0 Å². The van der Waals surface area contributed by atoms with Gasteiger partial charge < -0.3 is 15.4 Å². The predicted molar refractivity (Wildman–Crippen MR) is 81.1 cm³/mol. The number of aromatic nitrogens is 3. The van der Waals surface area contributed by atoms with Crippen molar-refractivity contribution in [2.45, 2.75) is 10.6 Å². The molecule has 0 spiro atoms. The van der Waals surface area contributed by atoms with E-state index < -0.39 is 0 Å². The first kappa shape index (κ1) is 14.4. The average Bonchev–Trinajstić information content (AvgIpc) is 2.44. The zero-order valence-corrected chi connectivity index (χ0v) is 12.5. The fraction of sp³-hybridized carbons (Fsp3) is 0.308. The Balaban J connectivity index is 2.10. The molecule has 7 heteroatoms. The number of methoxy groups -OCH3 is 1. The molecule has 106 valence electrons. The van der Waals surface area contributed by atoms with Gasteiger partial charge in [-0.05, 0) is 18.2 Å². The van der Waals surface area contributed by atoms with Crippen molar-refractivity contribution in [3.63, 3.8) is 0 Å². The van der Waals surface area contributed by atoms with Gasteiger partial charge in [0.25, 0.3) is 0 Å². The number of hydrogen-bond acceptors (Lipinski definition) is 7. The zero-order valence-electron chi connectivity index (χ0n) is 11.7. The average molecular weight is 291 g/mol. The Hall–Kier alpha value is -2.02. The second-order valence-electron chi connectivity index (χ2n) is 4.27. The molecule has 0 unspecified atom stereocenters. The van der Waals surface area contributed by atoms with Gasteiger partial charge in [-0.25, -0.2) is 0 Å². The third kappa shape index (κ3) is 3.74. The van der Waals surface area contributed by atoms with E-state index in [0.717, 1.165) is 10.6 Å². The minimum absolute atomic E-state index is 0.241. The van der Waals surface area contributed by atoms with E-state index in [4.69, 9.17) is 10.5 Å². The lowest BCUT2D eigenvalue weighted by atomic mass is 10.3. The standard InChI is InChI=1S/C13H17N5OS/c1-18(2)13-16-11(15-12(14)17-13)8-20-10-6-4-5-9(7-10)19-3/h4-7H,8H2,1-3H3,(H2,14,15,16,17). The molecule has 0 aliphatic carbocycles. The predicted octanol–water partition coefficient (Wildman–Crippen LogP) is 1.82. The third-order valence-electron chi connectivity index (χ3n) is 2.50. The molecule has 20 heavy (non-hydrogen) atoms. The van der Waals surface area contributed by atoms with Crippen LogP contribution in [-0.4, -0.2) is 36.2 Å². The zero-order chi connectivity index (χ0) is 14.5. The highest BCUT2D eigenvalue weighted by Gasteiger charge is 2.07. The number of nitrogen functional groups attached to an aromatic ring is 1. The molecule has 1 aromatic heterocycles. The lowest BCUT2D eigenvalue weighted by Gasteiger charge is -2.11. The highest BCUT2D eigenvalue weighted by molar-refractivity contribution is 7.98. The largest absolute Gasteiger partial charge is 0.497 e. The molecule has 1 aromatic carbocycles. The Morgan fingerprint density at radius 2 is 2.05 bits per heavy atom.